The summed E-state index contributed by atoms with van der Waals surface area (Å²) in [6.45, 7) is 0.373. The largest absolute Gasteiger partial charge is 0.283 e. The van der Waals surface area contributed by atoms with Gasteiger partial charge in [0.1, 0.15) is 12.1 Å². The van der Waals surface area contributed by atoms with Gasteiger partial charge in [-0.05, 0) is 24.3 Å². The van der Waals surface area contributed by atoms with Crippen LogP contribution in [0.15, 0.2) is 72.4 Å². The number of aromatic nitrogens is 3. The van der Waals surface area contributed by atoms with Gasteiger partial charge in [-0.3, -0.25) is 9.99 Å². The van der Waals surface area contributed by atoms with Gasteiger partial charge >= 0.3 is 0 Å². The molecule has 1 aliphatic heterocycles. The Morgan fingerprint density at radius 1 is 1.00 bits per heavy atom. The number of hydrazone groups is 1. The molecule has 3 heterocycles. The number of benzene rings is 1. The van der Waals surface area contributed by atoms with Crippen LogP contribution in [0.1, 0.15) is 29.4 Å². The second kappa shape index (κ2) is 6.76. The highest BCUT2D eigenvalue weighted by atomic mass is 19.1. The van der Waals surface area contributed by atoms with Crippen molar-refractivity contribution >= 4 is 5.71 Å². The Morgan fingerprint density at radius 2 is 1.88 bits per heavy atom. The van der Waals surface area contributed by atoms with E-state index in [9.17, 15) is 4.39 Å². The molecule has 1 unspecified atom stereocenters. The highest BCUT2D eigenvalue weighted by Crippen LogP contribution is 2.32. The molecule has 0 spiro atoms. The zero-order chi connectivity index (χ0) is 17.1. The first-order valence-electron chi connectivity index (χ1n) is 8.06. The van der Waals surface area contributed by atoms with Gasteiger partial charge in [-0.2, -0.15) is 5.10 Å². The van der Waals surface area contributed by atoms with Gasteiger partial charge < -0.3 is 0 Å². The van der Waals surface area contributed by atoms with Crippen molar-refractivity contribution in [1.29, 1.82) is 0 Å². The van der Waals surface area contributed by atoms with Crippen LogP contribution in [-0.4, -0.2) is 25.7 Å². The fourth-order valence-electron chi connectivity index (χ4n) is 2.95. The number of pyridine rings is 1. The summed E-state index contributed by atoms with van der Waals surface area (Å²) in [5.41, 5.74) is 3.17. The standard InChI is InChI=1S/C19H16FN5/c20-15-6-2-1-5-14(15)12-25-19(17-8-10-21-13-23-17)11-18(24-25)16-7-3-4-9-22-16/h1-10,13,19H,11-12H2. The Kier molecular flexibility index (Phi) is 4.16. The molecular formula is C19H16FN5. The van der Waals surface area contributed by atoms with Crippen LogP contribution in [0, 0.1) is 5.82 Å². The normalized spacial score (nSPS) is 16.8. The van der Waals surface area contributed by atoms with Crippen LogP contribution in [0.25, 0.3) is 0 Å². The van der Waals surface area contributed by atoms with Crippen molar-refractivity contribution in [3.63, 3.8) is 0 Å². The number of halogens is 1. The maximum absolute atomic E-state index is 14.1. The molecule has 0 saturated carbocycles. The van der Waals surface area contributed by atoms with Crippen molar-refractivity contribution < 1.29 is 4.39 Å². The maximum Gasteiger partial charge on any atom is 0.128 e. The van der Waals surface area contributed by atoms with E-state index in [-0.39, 0.29) is 11.9 Å². The van der Waals surface area contributed by atoms with Crippen molar-refractivity contribution in [2.24, 2.45) is 5.10 Å². The van der Waals surface area contributed by atoms with E-state index in [0.29, 0.717) is 18.5 Å². The van der Waals surface area contributed by atoms with Crippen LogP contribution in [-0.2, 0) is 6.54 Å². The second-order valence-corrected chi connectivity index (χ2v) is 5.80. The first-order chi connectivity index (χ1) is 12.3. The molecule has 0 bridgehead atoms. The summed E-state index contributed by atoms with van der Waals surface area (Å²) in [4.78, 5) is 12.7. The molecule has 4 rings (SSSR count). The average molecular weight is 333 g/mol. The Bertz CT molecular complexity index is 883. The van der Waals surface area contributed by atoms with E-state index < -0.39 is 0 Å². The molecule has 25 heavy (non-hydrogen) atoms. The van der Waals surface area contributed by atoms with Gasteiger partial charge in [0.2, 0.25) is 0 Å². The molecule has 0 amide bonds. The average Bonchev–Trinajstić information content (AvgIpc) is 3.09. The second-order valence-electron chi connectivity index (χ2n) is 5.80. The molecule has 0 N–H and O–H groups in total. The number of nitrogens with zero attached hydrogens (tertiary/aromatic N) is 5. The Hall–Kier alpha value is -3.15. The summed E-state index contributed by atoms with van der Waals surface area (Å²) in [7, 11) is 0. The van der Waals surface area contributed by atoms with Crippen molar-refractivity contribution in [1.82, 2.24) is 20.0 Å². The predicted molar refractivity (Wildman–Crippen MR) is 92.1 cm³/mol. The van der Waals surface area contributed by atoms with Gasteiger partial charge in [0.15, 0.2) is 0 Å². The molecule has 1 atom stereocenters. The molecule has 0 radical (unpaired) electrons. The summed E-state index contributed by atoms with van der Waals surface area (Å²) in [6, 6.07) is 14.3. The molecule has 6 heteroatoms. The van der Waals surface area contributed by atoms with Gasteiger partial charge in [-0.25, -0.2) is 14.4 Å². The third-order valence-electron chi connectivity index (χ3n) is 4.19. The number of hydrogen-bond acceptors (Lipinski definition) is 5. The van der Waals surface area contributed by atoms with Gasteiger partial charge in [0.05, 0.1) is 29.7 Å². The molecular weight excluding hydrogens is 317 g/mol. The quantitative estimate of drug-likeness (QED) is 0.735. The van der Waals surface area contributed by atoms with Crippen LogP contribution >= 0.6 is 0 Å². The van der Waals surface area contributed by atoms with Crippen molar-refractivity contribution in [2.45, 2.75) is 19.0 Å². The summed E-state index contributed by atoms with van der Waals surface area (Å²) >= 11 is 0. The Balaban J connectivity index is 1.68. The van der Waals surface area contributed by atoms with Gasteiger partial charge in [0, 0.05) is 24.4 Å². The monoisotopic (exact) mass is 333 g/mol. The smallest absolute Gasteiger partial charge is 0.128 e. The SMILES string of the molecule is Fc1ccccc1CN1N=C(c2ccccn2)CC1c1ccncn1. The van der Waals surface area contributed by atoms with Gasteiger partial charge in [0.25, 0.3) is 0 Å². The third kappa shape index (κ3) is 3.24. The predicted octanol–water partition coefficient (Wildman–Crippen LogP) is 3.36. The molecule has 0 saturated heterocycles. The lowest BCUT2D eigenvalue weighted by molar-refractivity contribution is 0.217. The zero-order valence-corrected chi connectivity index (χ0v) is 13.5. The molecule has 5 nitrogen and oxygen atoms in total. The Labute approximate surface area is 144 Å². The molecule has 3 aromatic rings. The third-order valence-corrected chi connectivity index (χ3v) is 4.19. The fourth-order valence-corrected chi connectivity index (χ4v) is 2.95. The van der Waals surface area contributed by atoms with E-state index in [1.54, 1.807) is 24.5 Å². The minimum atomic E-state index is -0.231. The fraction of sp³-hybridized carbons (Fsp3) is 0.158. The highest BCUT2D eigenvalue weighted by molar-refractivity contribution is 6.00. The molecule has 124 valence electrons. The molecule has 2 aromatic heterocycles. The van der Waals surface area contributed by atoms with Crippen molar-refractivity contribution in [3.05, 3.63) is 90.0 Å². The van der Waals surface area contributed by atoms with E-state index in [1.807, 2.05) is 35.3 Å². The van der Waals surface area contributed by atoms with Crippen LogP contribution in [0.5, 0.6) is 0 Å². The van der Waals surface area contributed by atoms with E-state index in [2.05, 4.69) is 15.0 Å². The molecule has 1 aromatic carbocycles. The summed E-state index contributed by atoms with van der Waals surface area (Å²) in [5.74, 6) is -0.231. The number of rotatable bonds is 4. The van der Waals surface area contributed by atoms with Crippen LogP contribution < -0.4 is 0 Å². The van der Waals surface area contributed by atoms with Crippen LogP contribution in [0.2, 0.25) is 0 Å². The van der Waals surface area contributed by atoms with E-state index in [4.69, 9.17) is 5.10 Å². The van der Waals surface area contributed by atoms with E-state index in [1.165, 1.54) is 12.4 Å². The van der Waals surface area contributed by atoms with E-state index in [0.717, 1.165) is 17.1 Å². The van der Waals surface area contributed by atoms with E-state index >= 15 is 0 Å². The molecule has 0 aliphatic carbocycles. The van der Waals surface area contributed by atoms with Crippen molar-refractivity contribution in [3.8, 4) is 0 Å². The summed E-state index contributed by atoms with van der Waals surface area (Å²) in [6.07, 6.45) is 5.65. The van der Waals surface area contributed by atoms with Crippen molar-refractivity contribution in [2.75, 3.05) is 0 Å². The molecule has 1 aliphatic rings. The maximum atomic E-state index is 14.1. The first kappa shape index (κ1) is 15.4. The van der Waals surface area contributed by atoms with Gasteiger partial charge in [-0.1, -0.05) is 24.3 Å². The zero-order valence-electron chi connectivity index (χ0n) is 13.5. The number of hydrogen-bond donors (Lipinski definition) is 0. The Morgan fingerprint density at radius 3 is 2.64 bits per heavy atom. The van der Waals surface area contributed by atoms with Gasteiger partial charge in [-0.15, -0.1) is 0 Å². The summed E-state index contributed by atoms with van der Waals surface area (Å²) in [5, 5.41) is 6.59. The topological polar surface area (TPSA) is 54.3 Å². The minimum Gasteiger partial charge on any atom is -0.283 e. The lowest BCUT2D eigenvalue weighted by Crippen LogP contribution is -2.20. The molecule has 0 fully saturated rings. The highest BCUT2D eigenvalue weighted by Gasteiger charge is 2.30. The summed E-state index contributed by atoms with van der Waals surface area (Å²) < 4.78 is 14.1. The lowest BCUT2D eigenvalue weighted by atomic mass is 10.0. The van der Waals surface area contributed by atoms with Crippen LogP contribution in [0.3, 0.4) is 0 Å². The lowest BCUT2D eigenvalue weighted by Gasteiger charge is -2.23. The van der Waals surface area contributed by atoms with Crippen LogP contribution in [0.4, 0.5) is 4.39 Å². The minimum absolute atomic E-state index is 0.0698. The first-order valence-corrected chi connectivity index (χ1v) is 8.06.